The highest BCUT2D eigenvalue weighted by Gasteiger charge is 2.23. The van der Waals surface area contributed by atoms with Gasteiger partial charge in [-0.3, -0.25) is 9.52 Å². The van der Waals surface area contributed by atoms with Crippen LogP contribution in [0.1, 0.15) is 10.4 Å². The quantitative estimate of drug-likeness (QED) is 0.738. The summed E-state index contributed by atoms with van der Waals surface area (Å²) in [5, 5.41) is 0. The van der Waals surface area contributed by atoms with Gasteiger partial charge in [-0.05, 0) is 24.3 Å². The topological polar surface area (TPSA) is 115 Å². The first-order valence-corrected chi connectivity index (χ1v) is 7.27. The molecule has 0 bridgehead atoms. The molecular formula is C13H12FN3O3S. The molecule has 0 saturated carbocycles. The number of sulfonamides is 1. The SMILES string of the molecule is NC(=O)c1ccccc1NS(=O)(=O)c1c(N)cccc1F. The summed E-state index contributed by atoms with van der Waals surface area (Å²) in [5.74, 6) is -1.80. The number of amides is 1. The van der Waals surface area contributed by atoms with Crippen LogP contribution >= 0.6 is 0 Å². The number of rotatable bonds is 4. The maximum absolute atomic E-state index is 13.7. The normalized spacial score (nSPS) is 11.1. The lowest BCUT2D eigenvalue weighted by Crippen LogP contribution is -2.20. The number of nitrogens with one attached hydrogen (secondary N) is 1. The highest BCUT2D eigenvalue weighted by atomic mass is 32.2. The Kier molecular flexibility index (Phi) is 3.81. The molecule has 0 aromatic heterocycles. The fraction of sp³-hybridized carbons (Fsp3) is 0. The number of primary amides is 1. The van der Waals surface area contributed by atoms with Crippen molar-refractivity contribution in [2.24, 2.45) is 5.73 Å². The molecule has 0 aliphatic heterocycles. The molecule has 0 atom stereocenters. The predicted molar refractivity (Wildman–Crippen MR) is 76.6 cm³/mol. The summed E-state index contributed by atoms with van der Waals surface area (Å²) >= 11 is 0. The number of para-hydroxylation sites is 1. The lowest BCUT2D eigenvalue weighted by Gasteiger charge is -2.12. The van der Waals surface area contributed by atoms with E-state index in [1.54, 1.807) is 0 Å². The van der Waals surface area contributed by atoms with Crippen LogP contribution in [0.5, 0.6) is 0 Å². The Hall–Kier alpha value is -2.61. The molecular weight excluding hydrogens is 297 g/mol. The first-order valence-electron chi connectivity index (χ1n) is 5.78. The minimum absolute atomic E-state index is 0.0315. The van der Waals surface area contributed by atoms with Crippen molar-refractivity contribution >= 4 is 27.3 Å². The molecule has 110 valence electrons. The minimum Gasteiger partial charge on any atom is -0.398 e. The predicted octanol–water partition coefficient (Wildman–Crippen LogP) is 1.31. The standard InChI is InChI=1S/C13H12FN3O3S/c14-9-5-3-6-10(15)12(9)21(19,20)17-11-7-2-1-4-8(11)13(16)18/h1-7,17H,15H2,(H2,16,18). The van der Waals surface area contributed by atoms with Crippen LogP contribution in [0.3, 0.4) is 0 Å². The van der Waals surface area contributed by atoms with Crippen LogP contribution in [0, 0.1) is 5.82 Å². The monoisotopic (exact) mass is 309 g/mol. The van der Waals surface area contributed by atoms with Gasteiger partial charge in [-0.25, -0.2) is 12.8 Å². The van der Waals surface area contributed by atoms with Crippen molar-refractivity contribution in [3.63, 3.8) is 0 Å². The van der Waals surface area contributed by atoms with Crippen molar-refractivity contribution in [2.45, 2.75) is 4.90 Å². The first-order chi connectivity index (χ1) is 9.83. The maximum Gasteiger partial charge on any atom is 0.266 e. The van der Waals surface area contributed by atoms with Gasteiger partial charge in [-0.15, -0.1) is 0 Å². The second-order valence-corrected chi connectivity index (χ2v) is 5.79. The van der Waals surface area contributed by atoms with Crippen LogP contribution < -0.4 is 16.2 Å². The van der Waals surface area contributed by atoms with Crippen LogP contribution in [-0.2, 0) is 10.0 Å². The average molecular weight is 309 g/mol. The van der Waals surface area contributed by atoms with Crippen LogP contribution in [0.4, 0.5) is 15.8 Å². The van der Waals surface area contributed by atoms with E-state index in [2.05, 4.69) is 4.72 Å². The molecule has 1 amide bonds. The summed E-state index contributed by atoms with van der Waals surface area (Å²) in [4.78, 5) is 10.6. The van der Waals surface area contributed by atoms with E-state index >= 15 is 0 Å². The smallest absolute Gasteiger partial charge is 0.266 e. The maximum atomic E-state index is 13.7. The Labute approximate surface area is 120 Å². The molecule has 0 aliphatic rings. The molecule has 0 fully saturated rings. The Morgan fingerprint density at radius 3 is 2.38 bits per heavy atom. The Balaban J connectivity index is 2.51. The van der Waals surface area contributed by atoms with Crippen molar-refractivity contribution in [2.75, 3.05) is 10.5 Å². The highest BCUT2D eigenvalue weighted by Crippen LogP contribution is 2.25. The van der Waals surface area contributed by atoms with Gasteiger partial charge >= 0.3 is 0 Å². The number of carbonyl (C=O) groups is 1. The van der Waals surface area contributed by atoms with Crippen molar-refractivity contribution in [3.05, 3.63) is 53.8 Å². The van der Waals surface area contributed by atoms with Gasteiger partial charge in [0.2, 0.25) is 0 Å². The van der Waals surface area contributed by atoms with E-state index in [0.717, 1.165) is 6.07 Å². The molecule has 0 spiro atoms. The van der Waals surface area contributed by atoms with Crippen LogP contribution in [0.15, 0.2) is 47.4 Å². The van der Waals surface area contributed by atoms with Gasteiger partial charge in [0.25, 0.3) is 15.9 Å². The number of halogens is 1. The van der Waals surface area contributed by atoms with Crippen molar-refractivity contribution in [1.82, 2.24) is 0 Å². The molecule has 8 heteroatoms. The Morgan fingerprint density at radius 2 is 1.76 bits per heavy atom. The van der Waals surface area contributed by atoms with Gasteiger partial charge in [0, 0.05) is 0 Å². The lowest BCUT2D eigenvalue weighted by molar-refractivity contribution is 0.100. The number of carbonyl (C=O) groups excluding carboxylic acids is 1. The molecule has 0 aliphatic carbocycles. The second kappa shape index (κ2) is 5.41. The minimum atomic E-state index is -4.29. The zero-order valence-corrected chi connectivity index (χ0v) is 11.5. The van der Waals surface area contributed by atoms with E-state index in [1.807, 2.05) is 0 Å². The third kappa shape index (κ3) is 2.95. The van der Waals surface area contributed by atoms with Crippen molar-refractivity contribution in [3.8, 4) is 0 Å². The summed E-state index contributed by atoms with van der Waals surface area (Å²) < 4.78 is 40.3. The largest absolute Gasteiger partial charge is 0.398 e. The molecule has 0 unspecified atom stereocenters. The number of anilines is 2. The van der Waals surface area contributed by atoms with Crippen LogP contribution in [0.25, 0.3) is 0 Å². The third-order valence-electron chi connectivity index (χ3n) is 2.70. The van der Waals surface area contributed by atoms with Crippen molar-refractivity contribution in [1.29, 1.82) is 0 Å². The van der Waals surface area contributed by atoms with E-state index in [1.165, 1.54) is 36.4 Å². The molecule has 21 heavy (non-hydrogen) atoms. The molecule has 2 aromatic rings. The Bertz CT molecular complexity index is 786. The number of hydrogen-bond acceptors (Lipinski definition) is 4. The second-order valence-electron chi connectivity index (χ2n) is 4.17. The van der Waals surface area contributed by atoms with E-state index in [0.29, 0.717) is 0 Å². The number of nitrogens with two attached hydrogens (primary N) is 2. The molecule has 0 saturated heterocycles. The highest BCUT2D eigenvalue weighted by molar-refractivity contribution is 7.92. The van der Waals surface area contributed by atoms with E-state index < -0.39 is 26.6 Å². The van der Waals surface area contributed by atoms with Gasteiger partial charge < -0.3 is 11.5 Å². The summed E-state index contributed by atoms with van der Waals surface area (Å²) in [6.45, 7) is 0. The summed E-state index contributed by atoms with van der Waals surface area (Å²) in [5.41, 5.74) is 10.4. The van der Waals surface area contributed by atoms with Gasteiger partial charge in [0.15, 0.2) is 0 Å². The lowest BCUT2D eigenvalue weighted by atomic mass is 10.2. The van der Waals surface area contributed by atoms with Gasteiger partial charge in [-0.1, -0.05) is 18.2 Å². The molecule has 2 rings (SSSR count). The van der Waals surface area contributed by atoms with Crippen LogP contribution in [0.2, 0.25) is 0 Å². The Morgan fingerprint density at radius 1 is 1.10 bits per heavy atom. The van der Waals surface area contributed by atoms with Crippen LogP contribution in [-0.4, -0.2) is 14.3 Å². The molecule has 0 heterocycles. The zero-order chi connectivity index (χ0) is 15.6. The summed E-state index contributed by atoms with van der Waals surface area (Å²) in [6.07, 6.45) is 0. The van der Waals surface area contributed by atoms with E-state index in [9.17, 15) is 17.6 Å². The van der Waals surface area contributed by atoms with Gasteiger partial charge in [0.05, 0.1) is 16.9 Å². The molecule has 5 N–H and O–H groups in total. The number of hydrogen-bond donors (Lipinski definition) is 3. The zero-order valence-electron chi connectivity index (χ0n) is 10.7. The molecule has 2 aromatic carbocycles. The van der Waals surface area contributed by atoms with E-state index in [-0.39, 0.29) is 16.9 Å². The fourth-order valence-corrected chi connectivity index (χ4v) is 3.06. The van der Waals surface area contributed by atoms with Crippen molar-refractivity contribution < 1.29 is 17.6 Å². The van der Waals surface area contributed by atoms with Gasteiger partial charge in [-0.2, -0.15) is 0 Å². The number of nitrogen functional groups attached to an aromatic ring is 1. The first kappa shape index (κ1) is 14.8. The summed E-state index contributed by atoms with van der Waals surface area (Å²) in [6, 6.07) is 9.26. The van der Waals surface area contributed by atoms with E-state index in [4.69, 9.17) is 11.5 Å². The molecule has 0 radical (unpaired) electrons. The number of benzene rings is 2. The fourth-order valence-electron chi connectivity index (χ4n) is 1.79. The summed E-state index contributed by atoms with van der Waals surface area (Å²) in [7, 11) is -4.29. The third-order valence-corrected chi connectivity index (χ3v) is 4.16. The average Bonchev–Trinajstić information content (AvgIpc) is 2.37. The van der Waals surface area contributed by atoms with Gasteiger partial charge in [0.1, 0.15) is 10.7 Å². The molecule has 6 nitrogen and oxygen atoms in total.